The van der Waals surface area contributed by atoms with E-state index in [0.717, 1.165) is 5.56 Å². The molecule has 2 amide bonds. The first-order valence-electron chi connectivity index (χ1n) is 8.99. The zero-order valence-electron chi connectivity index (χ0n) is 15.8. The minimum atomic E-state index is -1.18. The van der Waals surface area contributed by atoms with Gasteiger partial charge in [-0.15, -0.1) is 0 Å². The van der Waals surface area contributed by atoms with E-state index in [2.05, 4.69) is 5.32 Å². The van der Waals surface area contributed by atoms with Gasteiger partial charge in [-0.1, -0.05) is 48.5 Å². The van der Waals surface area contributed by atoms with Crippen LogP contribution in [0.5, 0.6) is 0 Å². The highest BCUT2D eigenvalue weighted by molar-refractivity contribution is 6.11. The highest BCUT2D eigenvalue weighted by atomic mass is 16.4. The lowest BCUT2D eigenvalue weighted by atomic mass is 10.1. The predicted molar refractivity (Wildman–Crippen MR) is 110 cm³/mol. The Kier molecular flexibility index (Phi) is 6.04. The van der Waals surface area contributed by atoms with E-state index in [1.807, 2.05) is 30.3 Å². The van der Waals surface area contributed by atoms with Crippen molar-refractivity contribution in [1.82, 2.24) is 4.90 Å². The number of hydrogen-bond donors (Lipinski definition) is 2. The Balaban J connectivity index is 1.75. The maximum absolute atomic E-state index is 12.7. The zero-order valence-corrected chi connectivity index (χ0v) is 15.8. The van der Waals surface area contributed by atoms with Crippen molar-refractivity contribution in [2.24, 2.45) is 0 Å². The second-order valence-corrected chi connectivity index (χ2v) is 6.53. The fraction of sp³-hybridized carbons (Fsp3) is 0.0870. The van der Waals surface area contributed by atoms with E-state index >= 15 is 0 Å². The van der Waals surface area contributed by atoms with Gasteiger partial charge in [-0.25, -0.2) is 4.79 Å². The zero-order chi connectivity index (χ0) is 20.8. The van der Waals surface area contributed by atoms with E-state index in [-0.39, 0.29) is 17.0 Å². The van der Waals surface area contributed by atoms with E-state index in [4.69, 9.17) is 0 Å². The highest BCUT2D eigenvalue weighted by Crippen LogP contribution is 2.16. The number of aromatic carboxylic acids is 1. The molecule has 0 fully saturated rings. The first-order chi connectivity index (χ1) is 14.0. The Morgan fingerprint density at radius 2 is 1.52 bits per heavy atom. The molecule has 0 saturated heterocycles. The van der Waals surface area contributed by atoms with Gasteiger partial charge in [-0.2, -0.15) is 0 Å². The molecule has 0 spiro atoms. The summed E-state index contributed by atoms with van der Waals surface area (Å²) < 4.78 is 0. The summed E-state index contributed by atoms with van der Waals surface area (Å²) in [4.78, 5) is 38.2. The number of benzene rings is 3. The van der Waals surface area contributed by atoms with Crippen molar-refractivity contribution in [2.75, 3.05) is 12.4 Å². The molecule has 0 heterocycles. The van der Waals surface area contributed by atoms with Gasteiger partial charge in [0.05, 0.1) is 11.1 Å². The molecule has 0 aromatic heterocycles. The van der Waals surface area contributed by atoms with Crippen molar-refractivity contribution < 1.29 is 19.5 Å². The van der Waals surface area contributed by atoms with E-state index in [1.54, 1.807) is 48.3 Å². The Morgan fingerprint density at radius 3 is 2.21 bits per heavy atom. The first-order valence-corrected chi connectivity index (χ1v) is 8.99. The van der Waals surface area contributed by atoms with Crippen molar-refractivity contribution in [3.05, 3.63) is 101 Å². The van der Waals surface area contributed by atoms with Crippen molar-refractivity contribution in [2.45, 2.75) is 6.54 Å². The van der Waals surface area contributed by atoms with E-state index in [0.29, 0.717) is 17.8 Å². The maximum atomic E-state index is 12.7. The maximum Gasteiger partial charge on any atom is 0.336 e. The van der Waals surface area contributed by atoms with Gasteiger partial charge < -0.3 is 15.3 Å². The Hall–Kier alpha value is -3.93. The molecule has 0 aliphatic heterocycles. The van der Waals surface area contributed by atoms with Crippen LogP contribution in [0.25, 0.3) is 0 Å². The molecule has 0 saturated carbocycles. The Morgan fingerprint density at radius 1 is 0.862 bits per heavy atom. The highest BCUT2D eigenvalue weighted by Gasteiger charge is 2.17. The molecule has 3 aromatic rings. The number of nitrogens with zero attached hydrogens (tertiary/aromatic N) is 1. The molecular weight excluding hydrogens is 368 g/mol. The van der Waals surface area contributed by atoms with Crippen LogP contribution in [0.4, 0.5) is 5.69 Å². The quantitative estimate of drug-likeness (QED) is 0.670. The molecule has 3 rings (SSSR count). The number of nitrogens with one attached hydrogen (secondary N) is 1. The summed E-state index contributed by atoms with van der Waals surface area (Å²) >= 11 is 0. The smallest absolute Gasteiger partial charge is 0.336 e. The van der Waals surface area contributed by atoms with Crippen LogP contribution in [-0.4, -0.2) is 34.8 Å². The number of amides is 2. The summed E-state index contributed by atoms with van der Waals surface area (Å²) in [6.07, 6.45) is 0. The lowest BCUT2D eigenvalue weighted by Crippen LogP contribution is -2.26. The lowest BCUT2D eigenvalue weighted by molar-refractivity contribution is 0.0692. The number of carboxylic acids is 1. The van der Waals surface area contributed by atoms with Crippen molar-refractivity contribution >= 4 is 23.5 Å². The van der Waals surface area contributed by atoms with Crippen LogP contribution in [0.2, 0.25) is 0 Å². The number of rotatable bonds is 6. The van der Waals surface area contributed by atoms with E-state index in [9.17, 15) is 19.5 Å². The van der Waals surface area contributed by atoms with Gasteiger partial charge in [-0.05, 0) is 35.9 Å². The van der Waals surface area contributed by atoms with Gasteiger partial charge in [0.1, 0.15) is 0 Å². The number of carboxylic acid groups (broad SMARTS) is 1. The van der Waals surface area contributed by atoms with Gasteiger partial charge >= 0.3 is 5.97 Å². The third-order valence-corrected chi connectivity index (χ3v) is 4.38. The summed E-state index contributed by atoms with van der Waals surface area (Å²) in [6.45, 7) is 0.461. The average molecular weight is 388 g/mol. The van der Waals surface area contributed by atoms with Crippen LogP contribution in [0, 0.1) is 0 Å². The van der Waals surface area contributed by atoms with Crippen molar-refractivity contribution in [3.63, 3.8) is 0 Å². The molecule has 3 aromatic carbocycles. The first kappa shape index (κ1) is 19.8. The van der Waals surface area contributed by atoms with Gasteiger partial charge in [0, 0.05) is 24.8 Å². The van der Waals surface area contributed by atoms with Crippen LogP contribution < -0.4 is 5.32 Å². The number of hydrogen-bond acceptors (Lipinski definition) is 3. The predicted octanol–water partition coefficient (Wildman–Crippen LogP) is 3.91. The molecule has 2 N–H and O–H groups in total. The normalized spacial score (nSPS) is 10.2. The molecule has 0 aliphatic rings. The number of carbonyl (C=O) groups excluding carboxylic acids is 2. The minimum absolute atomic E-state index is 0.0536. The second kappa shape index (κ2) is 8.84. The largest absolute Gasteiger partial charge is 0.478 e. The van der Waals surface area contributed by atoms with Gasteiger partial charge in [-0.3, -0.25) is 9.59 Å². The van der Waals surface area contributed by atoms with E-state index in [1.165, 1.54) is 12.1 Å². The van der Waals surface area contributed by atoms with Gasteiger partial charge in [0.25, 0.3) is 11.8 Å². The van der Waals surface area contributed by atoms with Crippen LogP contribution in [0.3, 0.4) is 0 Å². The number of carbonyl (C=O) groups is 3. The molecule has 6 heteroatoms. The lowest BCUT2D eigenvalue weighted by Gasteiger charge is -2.18. The molecular formula is C23H20N2O4. The average Bonchev–Trinajstić information content (AvgIpc) is 2.74. The summed E-state index contributed by atoms with van der Waals surface area (Å²) in [7, 11) is 1.71. The summed E-state index contributed by atoms with van der Waals surface area (Å²) in [5, 5.41) is 11.9. The summed E-state index contributed by atoms with van der Waals surface area (Å²) in [6, 6.07) is 22.2. The topological polar surface area (TPSA) is 86.7 Å². The molecule has 0 bridgehead atoms. The fourth-order valence-electron chi connectivity index (χ4n) is 2.95. The summed E-state index contributed by atoms with van der Waals surface area (Å²) in [5.41, 5.74) is 1.82. The van der Waals surface area contributed by atoms with E-state index < -0.39 is 11.9 Å². The van der Waals surface area contributed by atoms with Crippen LogP contribution in [0.1, 0.15) is 36.6 Å². The van der Waals surface area contributed by atoms with Crippen molar-refractivity contribution in [1.29, 1.82) is 0 Å². The van der Waals surface area contributed by atoms with Crippen LogP contribution >= 0.6 is 0 Å². The van der Waals surface area contributed by atoms with Gasteiger partial charge in [0.15, 0.2) is 0 Å². The molecule has 29 heavy (non-hydrogen) atoms. The monoisotopic (exact) mass is 388 g/mol. The Labute approximate surface area is 168 Å². The summed E-state index contributed by atoms with van der Waals surface area (Å²) in [5.74, 6) is -1.91. The van der Waals surface area contributed by atoms with Crippen molar-refractivity contribution in [3.8, 4) is 0 Å². The minimum Gasteiger partial charge on any atom is -0.478 e. The SMILES string of the molecule is CN(Cc1ccccc1)C(=O)c1cccc(NC(=O)c2ccccc2C(=O)O)c1. The second-order valence-electron chi connectivity index (χ2n) is 6.53. The van der Waals surface area contributed by atoms with Gasteiger partial charge in [0.2, 0.25) is 0 Å². The standard InChI is InChI=1S/C23H20N2O4/c1-25(15-16-8-3-2-4-9-16)22(27)17-10-7-11-18(14-17)24-21(26)19-12-5-6-13-20(19)23(28)29/h2-14H,15H2,1H3,(H,24,26)(H,28,29). The molecule has 0 radical (unpaired) electrons. The molecule has 0 aliphatic carbocycles. The Bertz CT molecular complexity index is 1050. The molecule has 6 nitrogen and oxygen atoms in total. The third kappa shape index (κ3) is 4.87. The number of anilines is 1. The fourth-order valence-corrected chi connectivity index (χ4v) is 2.95. The molecule has 0 atom stereocenters. The third-order valence-electron chi connectivity index (χ3n) is 4.38. The molecule has 0 unspecified atom stereocenters. The van der Waals surface area contributed by atoms with Crippen LogP contribution in [-0.2, 0) is 6.54 Å². The molecule has 146 valence electrons. The van der Waals surface area contributed by atoms with Crippen LogP contribution in [0.15, 0.2) is 78.9 Å².